The van der Waals surface area contributed by atoms with Crippen LogP contribution in [-0.4, -0.2) is 14.7 Å². The normalized spacial score (nSPS) is 11.2. The Hall–Kier alpha value is -1.95. The zero-order chi connectivity index (χ0) is 14.3. The van der Waals surface area contributed by atoms with E-state index in [1.54, 1.807) is 10.9 Å². The van der Waals surface area contributed by atoms with Crippen molar-refractivity contribution in [2.75, 3.05) is 0 Å². The predicted molar refractivity (Wildman–Crippen MR) is 78.8 cm³/mol. The van der Waals surface area contributed by atoms with Gasteiger partial charge in [0.15, 0.2) is 0 Å². The van der Waals surface area contributed by atoms with Crippen LogP contribution in [0.1, 0.15) is 17.0 Å². The first-order valence-electron chi connectivity index (χ1n) is 6.13. The average Bonchev–Trinajstić information content (AvgIpc) is 2.73. The molecule has 2 heterocycles. The van der Waals surface area contributed by atoms with E-state index in [9.17, 15) is 4.79 Å². The molecular formula is C14H12BrN3O2. The van der Waals surface area contributed by atoms with E-state index in [1.807, 2.05) is 32.0 Å². The number of aryl methyl sites for hydroxylation is 2. The summed E-state index contributed by atoms with van der Waals surface area (Å²) >= 11 is 3.40. The first-order chi connectivity index (χ1) is 9.58. The number of nitrogens with zero attached hydrogens (tertiary/aromatic N) is 3. The van der Waals surface area contributed by atoms with Gasteiger partial charge in [0.05, 0.1) is 29.5 Å². The van der Waals surface area contributed by atoms with E-state index < -0.39 is 0 Å². The Bertz CT molecular complexity index is 832. The highest BCUT2D eigenvalue weighted by Crippen LogP contribution is 2.19. The van der Waals surface area contributed by atoms with Crippen LogP contribution >= 0.6 is 15.9 Å². The lowest BCUT2D eigenvalue weighted by atomic mass is 10.2. The minimum absolute atomic E-state index is 0.0810. The van der Waals surface area contributed by atoms with Crippen molar-refractivity contribution in [1.82, 2.24) is 14.7 Å². The number of aromatic nitrogens is 3. The smallest absolute Gasteiger partial charge is 0.262 e. The third kappa shape index (κ3) is 2.06. The fourth-order valence-electron chi connectivity index (χ4n) is 2.17. The third-order valence-corrected chi connectivity index (χ3v) is 3.97. The van der Waals surface area contributed by atoms with Crippen LogP contribution in [0.4, 0.5) is 0 Å². The number of fused-ring (bicyclic) bond motifs is 1. The van der Waals surface area contributed by atoms with Gasteiger partial charge in [0, 0.05) is 10.0 Å². The van der Waals surface area contributed by atoms with Crippen LogP contribution in [-0.2, 0) is 6.54 Å². The summed E-state index contributed by atoms with van der Waals surface area (Å²) in [5, 5.41) is 4.49. The molecule has 0 aliphatic heterocycles. The van der Waals surface area contributed by atoms with Gasteiger partial charge in [-0.25, -0.2) is 4.98 Å². The van der Waals surface area contributed by atoms with Gasteiger partial charge in [-0.2, -0.15) is 0 Å². The number of rotatable bonds is 2. The predicted octanol–water partition coefficient (Wildman–Crippen LogP) is 2.81. The van der Waals surface area contributed by atoms with Crippen molar-refractivity contribution in [2.24, 2.45) is 0 Å². The molecule has 0 bridgehead atoms. The largest absolute Gasteiger partial charge is 0.361 e. The molecule has 102 valence electrons. The molecule has 0 saturated carbocycles. The highest BCUT2D eigenvalue weighted by molar-refractivity contribution is 9.10. The molecule has 0 N–H and O–H groups in total. The topological polar surface area (TPSA) is 60.9 Å². The molecule has 0 atom stereocenters. The van der Waals surface area contributed by atoms with Crippen LogP contribution < -0.4 is 5.56 Å². The molecule has 3 rings (SSSR count). The first-order valence-corrected chi connectivity index (χ1v) is 6.92. The van der Waals surface area contributed by atoms with Gasteiger partial charge in [0.2, 0.25) is 0 Å². The summed E-state index contributed by atoms with van der Waals surface area (Å²) in [4.78, 5) is 16.9. The van der Waals surface area contributed by atoms with E-state index in [-0.39, 0.29) is 5.56 Å². The van der Waals surface area contributed by atoms with Gasteiger partial charge in [-0.1, -0.05) is 11.2 Å². The SMILES string of the molecule is Cc1noc(C)c1Cn1cnc2cccc(Br)c2c1=O. The Morgan fingerprint density at radius 2 is 2.15 bits per heavy atom. The van der Waals surface area contributed by atoms with Gasteiger partial charge >= 0.3 is 0 Å². The molecule has 5 nitrogen and oxygen atoms in total. The third-order valence-electron chi connectivity index (χ3n) is 3.31. The van der Waals surface area contributed by atoms with Crippen LogP contribution in [0.3, 0.4) is 0 Å². The summed E-state index contributed by atoms with van der Waals surface area (Å²) in [5.74, 6) is 0.724. The van der Waals surface area contributed by atoms with E-state index in [2.05, 4.69) is 26.1 Å². The number of hydrogen-bond acceptors (Lipinski definition) is 4. The van der Waals surface area contributed by atoms with Gasteiger partial charge in [0.25, 0.3) is 5.56 Å². The fourth-order valence-corrected chi connectivity index (χ4v) is 2.70. The summed E-state index contributed by atoms with van der Waals surface area (Å²) in [5.41, 5.74) is 2.31. The quantitative estimate of drug-likeness (QED) is 0.723. The van der Waals surface area contributed by atoms with Crippen LogP contribution in [0.25, 0.3) is 10.9 Å². The summed E-state index contributed by atoms with van der Waals surface area (Å²) in [6.45, 7) is 4.11. The first kappa shape index (κ1) is 13.1. The molecule has 0 spiro atoms. The summed E-state index contributed by atoms with van der Waals surface area (Å²) in [6.07, 6.45) is 1.56. The Balaban J connectivity index is 2.16. The Morgan fingerprint density at radius 1 is 1.35 bits per heavy atom. The van der Waals surface area contributed by atoms with E-state index >= 15 is 0 Å². The molecular weight excluding hydrogens is 322 g/mol. The maximum atomic E-state index is 12.5. The zero-order valence-electron chi connectivity index (χ0n) is 11.1. The van der Waals surface area contributed by atoms with E-state index in [0.717, 1.165) is 21.5 Å². The van der Waals surface area contributed by atoms with Crippen LogP contribution in [0.15, 0.2) is 38.3 Å². The highest BCUT2D eigenvalue weighted by Gasteiger charge is 2.12. The molecule has 0 fully saturated rings. The Labute approximate surface area is 123 Å². The van der Waals surface area contributed by atoms with Crippen molar-refractivity contribution in [1.29, 1.82) is 0 Å². The minimum Gasteiger partial charge on any atom is -0.361 e. The average molecular weight is 334 g/mol. The summed E-state index contributed by atoms with van der Waals surface area (Å²) in [7, 11) is 0. The van der Waals surface area contributed by atoms with Gasteiger partial charge in [0.1, 0.15) is 5.76 Å². The standard InChI is InChI=1S/C14H12BrN3O2/c1-8-10(9(2)20-17-8)6-18-7-16-12-5-3-4-11(15)13(12)14(18)19/h3-5,7H,6H2,1-2H3. The van der Waals surface area contributed by atoms with Crippen molar-refractivity contribution in [3.63, 3.8) is 0 Å². The molecule has 0 aliphatic carbocycles. The van der Waals surface area contributed by atoms with E-state index in [1.165, 1.54) is 0 Å². The maximum Gasteiger partial charge on any atom is 0.262 e. The molecule has 0 saturated heterocycles. The molecule has 0 aliphatic rings. The second-order valence-electron chi connectivity index (χ2n) is 4.61. The number of hydrogen-bond donors (Lipinski definition) is 0. The van der Waals surface area contributed by atoms with Crippen molar-refractivity contribution < 1.29 is 4.52 Å². The zero-order valence-corrected chi connectivity index (χ0v) is 12.6. The Kier molecular flexibility index (Phi) is 3.17. The van der Waals surface area contributed by atoms with Crippen molar-refractivity contribution in [2.45, 2.75) is 20.4 Å². The molecule has 1 aromatic carbocycles. The molecule has 0 amide bonds. The van der Waals surface area contributed by atoms with E-state index in [0.29, 0.717) is 17.4 Å². The van der Waals surface area contributed by atoms with Crippen LogP contribution in [0.5, 0.6) is 0 Å². The molecule has 2 aromatic heterocycles. The second kappa shape index (κ2) is 4.86. The molecule has 6 heteroatoms. The lowest BCUT2D eigenvalue weighted by molar-refractivity contribution is 0.392. The van der Waals surface area contributed by atoms with Gasteiger partial charge in [-0.15, -0.1) is 0 Å². The summed E-state index contributed by atoms with van der Waals surface area (Å²) in [6, 6.07) is 5.52. The summed E-state index contributed by atoms with van der Waals surface area (Å²) < 4.78 is 7.44. The van der Waals surface area contributed by atoms with Crippen molar-refractivity contribution in [3.05, 3.63) is 56.4 Å². The van der Waals surface area contributed by atoms with Gasteiger partial charge in [-0.3, -0.25) is 9.36 Å². The molecule has 3 aromatic rings. The lowest BCUT2D eigenvalue weighted by Gasteiger charge is -2.07. The van der Waals surface area contributed by atoms with Crippen LogP contribution in [0.2, 0.25) is 0 Å². The molecule has 0 unspecified atom stereocenters. The number of halogens is 1. The highest BCUT2D eigenvalue weighted by atomic mass is 79.9. The van der Waals surface area contributed by atoms with Gasteiger partial charge in [-0.05, 0) is 41.9 Å². The molecule has 20 heavy (non-hydrogen) atoms. The second-order valence-corrected chi connectivity index (χ2v) is 5.47. The van der Waals surface area contributed by atoms with Crippen molar-refractivity contribution in [3.8, 4) is 0 Å². The van der Waals surface area contributed by atoms with E-state index in [4.69, 9.17) is 4.52 Å². The number of benzene rings is 1. The maximum absolute atomic E-state index is 12.5. The Morgan fingerprint density at radius 3 is 2.85 bits per heavy atom. The molecule has 0 radical (unpaired) electrons. The van der Waals surface area contributed by atoms with Gasteiger partial charge < -0.3 is 4.52 Å². The fraction of sp³-hybridized carbons (Fsp3) is 0.214. The van der Waals surface area contributed by atoms with Crippen LogP contribution in [0, 0.1) is 13.8 Å². The van der Waals surface area contributed by atoms with Crippen molar-refractivity contribution >= 4 is 26.8 Å². The minimum atomic E-state index is -0.0810. The monoisotopic (exact) mass is 333 g/mol. The lowest BCUT2D eigenvalue weighted by Crippen LogP contribution is -2.22.